The third kappa shape index (κ3) is 4.46. The van der Waals surface area contributed by atoms with Crippen molar-refractivity contribution in [2.75, 3.05) is 25.1 Å². The summed E-state index contributed by atoms with van der Waals surface area (Å²) in [6, 6.07) is 14.2. The second kappa shape index (κ2) is 7.64. The van der Waals surface area contributed by atoms with Gasteiger partial charge in [-0.15, -0.1) is 0 Å². The van der Waals surface area contributed by atoms with Gasteiger partial charge in [-0.3, -0.25) is 4.98 Å². The van der Waals surface area contributed by atoms with Crippen LogP contribution < -0.4 is 15.4 Å². The van der Waals surface area contributed by atoms with Crippen molar-refractivity contribution in [1.29, 1.82) is 0 Å². The Morgan fingerprint density at radius 3 is 2.71 bits per heavy atom. The Kier molecular flexibility index (Phi) is 5.58. The molecular weight excluding hydrogens is 262 g/mol. The first kappa shape index (κ1) is 15.3. The molecule has 112 valence electrons. The predicted octanol–water partition coefficient (Wildman–Crippen LogP) is 2.75. The minimum absolute atomic E-state index is 0.682. The van der Waals surface area contributed by atoms with Crippen LogP contribution in [0.15, 0.2) is 42.5 Å². The van der Waals surface area contributed by atoms with E-state index < -0.39 is 0 Å². The number of nitrogens with two attached hydrogens (primary N) is 1. The van der Waals surface area contributed by atoms with Gasteiger partial charge in [0.05, 0.1) is 19.3 Å². The Bertz CT molecular complexity index is 571. The Hall–Kier alpha value is -2.07. The van der Waals surface area contributed by atoms with E-state index in [-0.39, 0.29) is 0 Å². The summed E-state index contributed by atoms with van der Waals surface area (Å²) in [6.07, 6.45) is 0.947. The van der Waals surface area contributed by atoms with E-state index >= 15 is 0 Å². The fourth-order valence-corrected chi connectivity index (χ4v) is 2.27. The lowest BCUT2D eigenvalue weighted by Gasteiger charge is -2.25. The SMILES string of the molecule is COc1cccc(N(CCCN)Cc2cccc(C)n2)c1. The maximum absolute atomic E-state index is 5.66. The van der Waals surface area contributed by atoms with Crippen molar-refractivity contribution >= 4 is 5.69 Å². The van der Waals surface area contributed by atoms with Gasteiger partial charge < -0.3 is 15.4 Å². The van der Waals surface area contributed by atoms with Gasteiger partial charge in [0.1, 0.15) is 5.75 Å². The third-order valence-electron chi connectivity index (χ3n) is 3.35. The van der Waals surface area contributed by atoms with Crippen LogP contribution in [0.3, 0.4) is 0 Å². The smallest absolute Gasteiger partial charge is 0.120 e. The van der Waals surface area contributed by atoms with Crippen molar-refractivity contribution in [2.24, 2.45) is 5.73 Å². The van der Waals surface area contributed by atoms with Crippen LogP contribution in [0.5, 0.6) is 5.75 Å². The van der Waals surface area contributed by atoms with E-state index in [4.69, 9.17) is 10.5 Å². The number of hydrogen-bond donors (Lipinski definition) is 1. The highest BCUT2D eigenvalue weighted by Crippen LogP contribution is 2.22. The van der Waals surface area contributed by atoms with E-state index in [1.165, 1.54) is 0 Å². The lowest BCUT2D eigenvalue weighted by Crippen LogP contribution is -2.26. The number of benzene rings is 1. The van der Waals surface area contributed by atoms with Gasteiger partial charge in [0, 0.05) is 24.0 Å². The van der Waals surface area contributed by atoms with Gasteiger partial charge in [0.15, 0.2) is 0 Å². The standard InChI is InChI=1S/C17H23N3O/c1-14-6-3-7-15(19-14)13-20(11-5-10-18)16-8-4-9-17(12-16)21-2/h3-4,6-9,12H,5,10-11,13,18H2,1-2H3. The Balaban J connectivity index is 2.20. The largest absolute Gasteiger partial charge is 0.497 e. The molecule has 0 bridgehead atoms. The van der Waals surface area contributed by atoms with Crippen LogP contribution in [0.2, 0.25) is 0 Å². The first-order valence-electron chi connectivity index (χ1n) is 7.24. The molecule has 1 heterocycles. The molecule has 0 unspecified atom stereocenters. The normalized spacial score (nSPS) is 10.4. The third-order valence-corrected chi connectivity index (χ3v) is 3.35. The van der Waals surface area contributed by atoms with E-state index in [0.29, 0.717) is 6.54 Å². The number of nitrogens with zero attached hydrogens (tertiary/aromatic N) is 2. The minimum atomic E-state index is 0.682. The minimum Gasteiger partial charge on any atom is -0.497 e. The van der Waals surface area contributed by atoms with Crippen LogP contribution >= 0.6 is 0 Å². The number of aromatic nitrogens is 1. The van der Waals surface area contributed by atoms with Crippen LogP contribution in [0.1, 0.15) is 17.8 Å². The van der Waals surface area contributed by atoms with Gasteiger partial charge in [-0.1, -0.05) is 12.1 Å². The molecule has 21 heavy (non-hydrogen) atoms. The fraction of sp³-hybridized carbons (Fsp3) is 0.353. The molecule has 0 aliphatic heterocycles. The monoisotopic (exact) mass is 285 g/mol. The molecule has 2 rings (SSSR count). The first-order valence-corrected chi connectivity index (χ1v) is 7.24. The summed E-state index contributed by atoms with van der Waals surface area (Å²) in [7, 11) is 1.69. The average molecular weight is 285 g/mol. The highest BCUT2D eigenvalue weighted by Gasteiger charge is 2.09. The van der Waals surface area contributed by atoms with Gasteiger partial charge in [-0.25, -0.2) is 0 Å². The molecule has 0 amide bonds. The lowest BCUT2D eigenvalue weighted by molar-refractivity contribution is 0.414. The highest BCUT2D eigenvalue weighted by atomic mass is 16.5. The predicted molar refractivity (Wildman–Crippen MR) is 86.7 cm³/mol. The van der Waals surface area contributed by atoms with Gasteiger partial charge in [0.2, 0.25) is 0 Å². The molecule has 0 saturated heterocycles. The number of ether oxygens (including phenoxy) is 1. The zero-order valence-corrected chi connectivity index (χ0v) is 12.7. The molecule has 0 aliphatic carbocycles. The molecule has 4 nitrogen and oxygen atoms in total. The molecule has 0 spiro atoms. The Morgan fingerprint density at radius 1 is 1.19 bits per heavy atom. The van der Waals surface area contributed by atoms with Gasteiger partial charge >= 0.3 is 0 Å². The molecule has 4 heteroatoms. The van der Waals surface area contributed by atoms with Crippen LogP contribution in [-0.2, 0) is 6.54 Å². The Labute approximate surface area is 126 Å². The second-order valence-corrected chi connectivity index (χ2v) is 5.04. The average Bonchev–Trinajstić information content (AvgIpc) is 2.51. The zero-order valence-electron chi connectivity index (χ0n) is 12.7. The van der Waals surface area contributed by atoms with Crippen molar-refractivity contribution < 1.29 is 4.74 Å². The molecule has 0 radical (unpaired) electrons. The number of pyridine rings is 1. The van der Waals surface area contributed by atoms with Crippen molar-refractivity contribution in [3.05, 3.63) is 53.9 Å². The number of aryl methyl sites for hydroxylation is 1. The van der Waals surface area contributed by atoms with Gasteiger partial charge in [0.25, 0.3) is 0 Å². The molecule has 2 N–H and O–H groups in total. The van der Waals surface area contributed by atoms with Crippen LogP contribution in [0, 0.1) is 6.92 Å². The maximum Gasteiger partial charge on any atom is 0.120 e. The molecule has 0 fully saturated rings. The molecule has 0 saturated carbocycles. The number of hydrogen-bond acceptors (Lipinski definition) is 4. The highest BCUT2D eigenvalue weighted by molar-refractivity contribution is 5.51. The summed E-state index contributed by atoms with van der Waals surface area (Å²) in [6.45, 7) is 4.37. The number of rotatable bonds is 7. The van der Waals surface area contributed by atoms with Crippen LogP contribution in [0.25, 0.3) is 0 Å². The molecule has 1 aromatic heterocycles. The van der Waals surface area contributed by atoms with Crippen LogP contribution in [0.4, 0.5) is 5.69 Å². The summed E-state index contributed by atoms with van der Waals surface area (Å²) in [5.74, 6) is 0.863. The zero-order chi connectivity index (χ0) is 15.1. The van der Waals surface area contributed by atoms with Crippen molar-refractivity contribution in [2.45, 2.75) is 19.9 Å². The summed E-state index contributed by atoms with van der Waals surface area (Å²) in [4.78, 5) is 6.87. The van der Waals surface area contributed by atoms with Crippen molar-refractivity contribution in [3.63, 3.8) is 0 Å². The van der Waals surface area contributed by atoms with Gasteiger partial charge in [-0.05, 0) is 44.2 Å². The summed E-state index contributed by atoms with van der Waals surface area (Å²) in [5, 5.41) is 0. The first-order chi connectivity index (χ1) is 10.2. The quantitative estimate of drug-likeness (QED) is 0.850. The van der Waals surface area contributed by atoms with Crippen LogP contribution in [-0.4, -0.2) is 25.2 Å². The Morgan fingerprint density at radius 2 is 2.00 bits per heavy atom. The summed E-state index contributed by atoms with van der Waals surface area (Å²) < 4.78 is 5.31. The van der Waals surface area contributed by atoms with E-state index in [0.717, 1.165) is 42.3 Å². The van der Waals surface area contributed by atoms with Crippen molar-refractivity contribution in [1.82, 2.24) is 4.98 Å². The molecule has 0 aliphatic rings. The topological polar surface area (TPSA) is 51.4 Å². The molecule has 0 atom stereocenters. The van der Waals surface area contributed by atoms with E-state index in [9.17, 15) is 0 Å². The fourth-order valence-electron chi connectivity index (χ4n) is 2.27. The summed E-state index contributed by atoms with van der Waals surface area (Å²) >= 11 is 0. The van der Waals surface area contributed by atoms with E-state index in [1.54, 1.807) is 7.11 Å². The van der Waals surface area contributed by atoms with E-state index in [2.05, 4.69) is 22.0 Å². The number of anilines is 1. The molecule has 2 aromatic rings. The van der Waals surface area contributed by atoms with Gasteiger partial charge in [-0.2, -0.15) is 0 Å². The number of methoxy groups -OCH3 is 1. The maximum atomic E-state index is 5.66. The lowest BCUT2D eigenvalue weighted by atomic mass is 10.2. The second-order valence-electron chi connectivity index (χ2n) is 5.04. The molecule has 1 aromatic carbocycles. The van der Waals surface area contributed by atoms with Crippen molar-refractivity contribution in [3.8, 4) is 5.75 Å². The summed E-state index contributed by atoms with van der Waals surface area (Å²) in [5.41, 5.74) is 8.90. The van der Waals surface area contributed by atoms with E-state index in [1.807, 2.05) is 37.3 Å². The molecular formula is C17H23N3O.